The number of amides is 1. The van der Waals surface area contributed by atoms with Crippen LogP contribution in [0.2, 0.25) is 5.02 Å². The molecule has 0 aliphatic carbocycles. The van der Waals surface area contributed by atoms with Gasteiger partial charge in [-0.25, -0.2) is 8.42 Å². The summed E-state index contributed by atoms with van der Waals surface area (Å²) in [4.78, 5) is 17.7. The normalized spacial score (nSPS) is 12.0. The Morgan fingerprint density at radius 1 is 1.15 bits per heavy atom. The van der Waals surface area contributed by atoms with Crippen LogP contribution < -0.4 is 9.52 Å². The Morgan fingerprint density at radius 3 is 2.64 bits per heavy atom. The molecular weight excluding hydrogens is 478 g/mol. The van der Waals surface area contributed by atoms with Crippen molar-refractivity contribution in [3.05, 3.63) is 87.7 Å². The van der Waals surface area contributed by atoms with Crippen molar-refractivity contribution in [3.8, 4) is 12.3 Å². The molecule has 0 fully saturated rings. The molecule has 1 amide bonds. The number of fused-ring (bicyclic) bond motifs is 1. The van der Waals surface area contributed by atoms with Crippen LogP contribution in [0.15, 0.2) is 76.6 Å². The fraction of sp³-hybridized carbons (Fsp3) is 0.0833. The molecular formula is C24H18ClN3O3S2. The molecule has 3 aromatic carbocycles. The number of hydrogen-bond acceptors (Lipinski definition) is 4. The van der Waals surface area contributed by atoms with E-state index < -0.39 is 15.9 Å². The monoisotopic (exact) mass is 495 g/mol. The highest BCUT2D eigenvalue weighted by Crippen LogP contribution is 2.22. The van der Waals surface area contributed by atoms with E-state index in [-0.39, 0.29) is 22.7 Å². The lowest BCUT2D eigenvalue weighted by Crippen LogP contribution is -2.17. The highest BCUT2D eigenvalue weighted by molar-refractivity contribution is 7.92. The van der Waals surface area contributed by atoms with E-state index in [9.17, 15) is 13.2 Å². The summed E-state index contributed by atoms with van der Waals surface area (Å²) in [5, 5.41) is 0.572. The summed E-state index contributed by atoms with van der Waals surface area (Å²) in [7, 11) is -3.80. The van der Waals surface area contributed by atoms with Crippen LogP contribution in [0.3, 0.4) is 0 Å². The van der Waals surface area contributed by atoms with Crippen molar-refractivity contribution in [1.82, 2.24) is 4.57 Å². The lowest BCUT2D eigenvalue weighted by molar-refractivity contribution is 0.0998. The Balaban J connectivity index is 1.67. The van der Waals surface area contributed by atoms with Crippen molar-refractivity contribution in [3.63, 3.8) is 0 Å². The third kappa shape index (κ3) is 5.01. The number of rotatable bonds is 5. The summed E-state index contributed by atoms with van der Waals surface area (Å²) in [6, 6.07) is 18.1. The van der Waals surface area contributed by atoms with Gasteiger partial charge in [-0.3, -0.25) is 9.52 Å². The molecule has 0 aliphatic heterocycles. The van der Waals surface area contributed by atoms with E-state index in [0.717, 1.165) is 15.8 Å². The highest BCUT2D eigenvalue weighted by Gasteiger charge is 2.15. The van der Waals surface area contributed by atoms with Gasteiger partial charge in [0.15, 0.2) is 4.80 Å². The first-order chi connectivity index (χ1) is 15.8. The van der Waals surface area contributed by atoms with E-state index >= 15 is 0 Å². The maximum Gasteiger partial charge on any atom is 0.279 e. The van der Waals surface area contributed by atoms with Gasteiger partial charge in [0.2, 0.25) is 0 Å². The first kappa shape index (κ1) is 22.8. The third-order valence-electron chi connectivity index (χ3n) is 4.78. The van der Waals surface area contributed by atoms with Gasteiger partial charge in [0, 0.05) is 16.3 Å². The lowest BCUT2D eigenvalue weighted by Gasteiger charge is -2.09. The van der Waals surface area contributed by atoms with Crippen molar-refractivity contribution in [2.45, 2.75) is 18.4 Å². The van der Waals surface area contributed by atoms with Crippen LogP contribution in [0.1, 0.15) is 15.9 Å². The highest BCUT2D eigenvalue weighted by atomic mass is 35.5. The first-order valence-corrected chi connectivity index (χ1v) is 12.5. The summed E-state index contributed by atoms with van der Waals surface area (Å²) in [6.45, 7) is 2.12. The zero-order chi connectivity index (χ0) is 23.6. The average molecular weight is 496 g/mol. The molecule has 0 saturated heterocycles. The minimum absolute atomic E-state index is 0.133. The first-order valence-electron chi connectivity index (χ1n) is 9.78. The van der Waals surface area contributed by atoms with Crippen molar-refractivity contribution in [2.75, 3.05) is 4.72 Å². The van der Waals surface area contributed by atoms with Crippen LogP contribution in [-0.4, -0.2) is 18.9 Å². The molecule has 0 unspecified atom stereocenters. The van der Waals surface area contributed by atoms with Gasteiger partial charge in [0.25, 0.3) is 15.9 Å². The van der Waals surface area contributed by atoms with Crippen molar-refractivity contribution < 1.29 is 13.2 Å². The molecule has 0 saturated carbocycles. The lowest BCUT2D eigenvalue weighted by atomic mass is 10.2. The van der Waals surface area contributed by atoms with Gasteiger partial charge in [-0.05, 0) is 55.5 Å². The van der Waals surface area contributed by atoms with Crippen LogP contribution in [0, 0.1) is 19.3 Å². The van der Waals surface area contributed by atoms with E-state index in [2.05, 4.69) is 15.6 Å². The number of aryl methyl sites for hydroxylation is 1. The van der Waals surface area contributed by atoms with Crippen LogP contribution in [0.25, 0.3) is 10.2 Å². The molecule has 4 rings (SSSR count). The Hall–Kier alpha value is -3.38. The van der Waals surface area contributed by atoms with Gasteiger partial charge in [-0.15, -0.1) is 6.42 Å². The van der Waals surface area contributed by atoms with E-state index in [4.69, 9.17) is 18.0 Å². The molecule has 0 aliphatic rings. The van der Waals surface area contributed by atoms with E-state index in [1.807, 2.05) is 13.0 Å². The van der Waals surface area contributed by atoms with E-state index in [0.29, 0.717) is 9.82 Å². The number of hydrogen-bond donors (Lipinski definition) is 1. The number of carbonyl (C=O) groups is 1. The van der Waals surface area contributed by atoms with Crippen LogP contribution >= 0.6 is 22.9 Å². The molecule has 6 nitrogen and oxygen atoms in total. The zero-order valence-electron chi connectivity index (χ0n) is 17.4. The third-order valence-corrected chi connectivity index (χ3v) is 7.46. The molecule has 9 heteroatoms. The number of aromatic nitrogens is 1. The van der Waals surface area contributed by atoms with Crippen molar-refractivity contribution in [2.24, 2.45) is 4.99 Å². The van der Waals surface area contributed by atoms with Crippen LogP contribution in [-0.2, 0) is 16.6 Å². The summed E-state index contributed by atoms with van der Waals surface area (Å²) in [5.74, 6) is 2.05. The van der Waals surface area contributed by atoms with Gasteiger partial charge in [0.1, 0.15) is 0 Å². The summed E-state index contributed by atoms with van der Waals surface area (Å²) in [6.07, 6.45) is 5.50. The summed E-state index contributed by atoms with van der Waals surface area (Å²) >= 11 is 7.38. The Kier molecular flexibility index (Phi) is 6.38. The number of sulfonamides is 1. The van der Waals surface area contributed by atoms with Gasteiger partial charge >= 0.3 is 0 Å². The molecule has 0 bridgehead atoms. The largest absolute Gasteiger partial charge is 0.305 e. The summed E-state index contributed by atoms with van der Waals surface area (Å²) < 4.78 is 30.5. The SMILES string of the molecule is C#CCn1c(=NC(=O)c2cccc(NS(=O)(=O)c3ccc(C)cc3)c2)sc2cc(Cl)ccc21. The number of nitrogens with zero attached hydrogens (tertiary/aromatic N) is 2. The number of nitrogens with one attached hydrogen (secondary N) is 1. The molecule has 1 heterocycles. The molecule has 33 heavy (non-hydrogen) atoms. The Bertz CT molecular complexity index is 1580. The smallest absolute Gasteiger partial charge is 0.279 e. The van der Waals surface area contributed by atoms with Crippen LogP contribution in [0.5, 0.6) is 0 Å². The van der Waals surface area contributed by atoms with Gasteiger partial charge in [-0.1, -0.05) is 52.6 Å². The van der Waals surface area contributed by atoms with Gasteiger partial charge in [0.05, 0.1) is 21.7 Å². The van der Waals surface area contributed by atoms with E-state index in [1.54, 1.807) is 47.0 Å². The van der Waals surface area contributed by atoms with Crippen molar-refractivity contribution >= 4 is 54.8 Å². The number of benzene rings is 3. The van der Waals surface area contributed by atoms with E-state index in [1.165, 1.54) is 29.5 Å². The van der Waals surface area contributed by atoms with Gasteiger partial charge in [-0.2, -0.15) is 4.99 Å². The van der Waals surface area contributed by atoms with Crippen LogP contribution in [0.4, 0.5) is 5.69 Å². The number of halogens is 1. The number of anilines is 1. The fourth-order valence-electron chi connectivity index (χ4n) is 3.18. The predicted octanol–water partition coefficient (Wildman–Crippen LogP) is 4.84. The second kappa shape index (κ2) is 9.24. The second-order valence-electron chi connectivity index (χ2n) is 7.20. The standard InChI is InChI=1S/C24H18ClN3O3S2/c1-3-13-28-21-12-9-18(25)15-22(21)32-24(28)26-23(29)17-5-4-6-19(14-17)27-33(30,31)20-10-7-16(2)8-11-20/h1,4-12,14-15,27H,13H2,2H3. The molecule has 0 spiro atoms. The fourth-order valence-corrected chi connectivity index (χ4v) is 5.53. The number of carbonyl (C=O) groups excluding carboxylic acids is 1. The Labute approximate surface area is 200 Å². The molecule has 0 radical (unpaired) electrons. The maximum absolute atomic E-state index is 12.9. The average Bonchev–Trinajstić information content (AvgIpc) is 3.10. The minimum atomic E-state index is -3.80. The number of thiazole rings is 1. The molecule has 166 valence electrons. The topological polar surface area (TPSA) is 80.5 Å². The Morgan fingerprint density at radius 2 is 1.91 bits per heavy atom. The molecule has 0 atom stereocenters. The second-order valence-corrected chi connectivity index (χ2v) is 10.3. The number of terminal acetylenes is 1. The zero-order valence-corrected chi connectivity index (χ0v) is 19.8. The molecule has 1 N–H and O–H groups in total. The molecule has 1 aromatic heterocycles. The van der Waals surface area contributed by atoms with Gasteiger partial charge < -0.3 is 4.57 Å². The predicted molar refractivity (Wildman–Crippen MR) is 132 cm³/mol. The quantitative estimate of drug-likeness (QED) is 0.402. The molecule has 4 aromatic rings. The van der Waals surface area contributed by atoms with Crippen molar-refractivity contribution in [1.29, 1.82) is 0 Å². The minimum Gasteiger partial charge on any atom is -0.305 e. The summed E-state index contributed by atoms with van der Waals surface area (Å²) in [5.41, 5.74) is 2.28. The maximum atomic E-state index is 12.9.